The maximum Gasteiger partial charge on any atom is 0.244 e. The Bertz CT molecular complexity index is 605. The molecule has 0 bridgehead atoms. The van der Waals surface area contributed by atoms with Gasteiger partial charge in [0.1, 0.15) is 5.82 Å². The summed E-state index contributed by atoms with van der Waals surface area (Å²) in [6.07, 6.45) is 0. The monoisotopic (exact) mass is 286 g/mol. The fraction of sp³-hybridized carbons (Fsp3) is 0.333. The molecular weight excluding hydrogens is 271 g/mol. The lowest BCUT2D eigenvalue weighted by molar-refractivity contribution is 0.266. The minimum atomic E-state index is -3.82. The van der Waals surface area contributed by atoms with E-state index in [0.717, 1.165) is 22.5 Å². The normalized spacial score (nSPS) is 11.2. The van der Waals surface area contributed by atoms with E-state index in [4.69, 9.17) is 10.8 Å². The first-order valence-electron chi connectivity index (χ1n) is 5.49. The van der Waals surface area contributed by atoms with E-state index in [1.807, 2.05) is 0 Å². The van der Waals surface area contributed by atoms with E-state index in [-0.39, 0.29) is 30.2 Å². The van der Waals surface area contributed by atoms with Gasteiger partial charge in [-0.1, -0.05) is 11.8 Å². The molecule has 0 radical (unpaired) electrons. The van der Waals surface area contributed by atoms with Crippen LogP contribution in [-0.2, 0) is 10.0 Å². The molecule has 7 heteroatoms. The second kappa shape index (κ2) is 6.63. The van der Waals surface area contributed by atoms with Crippen LogP contribution >= 0.6 is 0 Å². The van der Waals surface area contributed by atoms with Crippen molar-refractivity contribution >= 4 is 10.0 Å². The standard InChI is InChI=1S/C12H15FN2O3S/c1-15(7-8-16)19(17,18)12-5-4-11(13)9-10(12)3-2-6-14/h4-5,9,16H,6-8,14H2,1H3. The van der Waals surface area contributed by atoms with Crippen LogP contribution in [0.25, 0.3) is 0 Å². The molecule has 0 unspecified atom stereocenters. The van der Waals surface area contributed by atoms with E-state index in [2.05, 4.69) is 11.8 Å². The van der Waals surface area contributed by atoms with Crippen LogP contribution in [0.3, 0.4) is 0 Å². The maximum atomic E-state index is 13.2. The van der Waals surface area contributed by atoms with Crippen molar-refractivity contribution in [3.63, 3.8) is 0 Å². The highest BCUT2D eigenvalue weighted by atomic mass is 32.2. The molecule has 1 aromatic carbocycles. The van der Waals surface area contributed by atoms with Crippen molar-refractivity contribution in [2.75, 3.05) is 26.7 Å². The topological polar surface area (TPSA) is 83.6 Å². The minimum absolute atomic E-state index is 0.0441. The van der Waals surface area contributed by atoms with Gasteiger partial charge >= 0.3 is 0 Å². The molecule has 19 heavy (non-hydrogen) atoms. The van der Waals surface area contributed by atoms with Gasteiger partial charge in [0.25, 0.3) is 0 Å². The molecule has 0 aliphatic heterocycles. The molecule has 0 saturated heterocycles. The van der Waals surface area contributed by atoms with Crippen LogP contribution < -0.4 is 5.73 Å². The SMILES string of the molecule is CN(CCO)S(=O)(=O)c1ccc(F)cc1C#CCN. The summed E-state index contributed by atoms with van der Waals surface area (Å²) in [7, 11) is -2.49. The second-order valence-electron chi connectivity index (χ2n) is 3.70. The van der Waals surface area contributed by atoms with Crippen molar-refractivity contribution in [1.29, 1.82) is 0 Å². The average molecular weight is 286 g/mol. The van der Waals surface area contributed by atoms with Gasteiger partial charge in [0.15, 0.2) is 0 Å². The number of halogens is 1. The molecule has 5 nitrogen and oxygen atoms in total. The summed E-state index contributed by atoms with van der Waals surface area (Å²) >= 11 is 0. The molecule has 0 aliphatic rings. The first kappa shape index (κ1) is 15.6. The molecule has 1 rings (SSSR count). The minimum Gasteiger partial charge on any atom is -0.395 e. The van der Waals surface area contributed by atoms with Crippen molar-refractivity contribution in [2.45, 2.75) is 4.90 Å². The van der Waals surface area contributed by atoms with E-state index in [1.165, 1.54) is 7.05 Å². The van der Waals surface area contributed by atoms with Crippen LogP contribution in [0.15, 0.2) is 23.1 Å². The Morgan fingerprint density at radius 3 is 2.74 bits per heavy atom. The number of likely N-dealkylation sites (N-methyl/N-ethyl adjacent to an activating group) is 1. The molecule has 0 saturated carbocycles. The Morgan fingerprint density at radius 2 is 2.16 bits per heavy atom. The Balaban J connectivity index is 3.33. The van der Waals surface area contributed by atoms with Gasteiger partial charge in [-0.3, -0.25) is 0 Å². The van der Waals surface area contributed by atoms with Gasteiger partial charge in [-0.25, -0.2) is 12.8 Å². The highest BCUT2D eigenvalue weighted by Crippen LogP contribution is 2.19. The van der Waals surface area contributed by atoms with E-state index in [1.54, 1.807) is 0 Å². The molecular formula is C12H15FN2O3S. The Hall–Kier alpha value is -1.46. The third kappa shape index (κ3) is 3.75. The number of aliphatic hydroxyl groups excluding tert-OH is 1. The van der Waals surface area contributed by atoms with Gasteiger partial charge in [0.05, 0.1) is 18.0 Å². The lowest BCUT2D eigenvalue weighted by Gasteiger charge is -2.16. The number of rotatable bonds is 4. The van der Waals surface area contributed by atoms with Crippen molar-refractivity contribution in [2.24, 2.45) is 5.73 Å². The lowest BCUT2D eigenvalue weighted by atomic mass is 10.2. The third-order valence-electron chi connectivity index (χ3n) is 2.37. The zero-order chi connectivity index (χ0) is 14.5. The van der Waals surface area contributed by atoms with Gasteiger partial charge in [0.2, 0.25) is 10.0 Å². The quantitative estimate of drug-likeness (QED) is 0.748. The van der Waals surface area contributed by atoms with Crippen molar-refractivity contribution in [1.82, 2.24) is 4.31 Å². The Morgan fingerprint density at radius 1 is 1.47 bits per heavy atom. The van der Waals surface area contributed by atoms with Crippen LogP contribution in [-0.4, -0.2) is 44.6 Å². The maximum absolute atomic E-state index is 13.2. The number of sulfonamides is 1. The summed E-state index contributed by atoms with van der Waals surface area (Å²) in [6, 6.07) is 3.24. The number of nitrogens with zero attached hydrogens (tertiary/aromatic N) is 1. The van der Waals surface area contributed by atoms with Gasteiger partial charge in [-0.15, -0.1) is 0 Å². The van der Waals surface area contributed by atoms with Crippen molar-refractivity contribution in [3.05, 3.63) is 29.6 Å². The molecule has 104 valence electrons. The summed E-state index contributed by atoms with van der Waals surface area (Å²) in [4.78, 5) is -0.106. The lowest BCUT2D eigenvalue weighted by Crippen LogP contribution is -2.30. The number of aliphatic hydroxyl groups is 1. The molecule has 0 amide bonds. The van der Waals surface area contributed by atoms with Gasteiger partial charge in [-0.2, -0.15) is 4.31 Å². The van der Waals surface area contributed by atoms with E-state index in [0.29, 0.717) is 0 Å². The second-order valence-corrected chi connectivity index (χ2v) is 5.71. The van der Waals surface area contributed by atoms with Crippen LogP contribution in [0.1, 0.15) is 5.56 Å². The molecule has 0 aliphatic carbocycles. The van der Waals surface area contributed by atoms with Crippen LogP contribution in [0.5, 0.6) is 0 Å². The van der Waals surface area contributed by atoms with Crippen LogP contribution in [0.4, 0.5) is 4.39 Å². The largest absolute Gasteiger partial charge is 0.395 e. The molecule has 0 heterocycles. The fourth-order valence-electron chi connectivity index (χ4n) is 1.40. The van der Waals surface area contributed by atoms with Gasteiger partial charge in [0, 0.05) is 19.2 Å². The van der Waals surface area contributed by atoms with Crippen LogP contribution in [0.2, 0.25) is 0 Å². The molecule has 0 spiro atoms. The number of hydrogen-bond donors (Lipinski definition) is 2. The van der Waals surface area contributed by atoms with Gasteiger partial charge in [-0.05, 0) is 18.2 Å². The predicted octanol–water partition coefficient (Wildman–Crippen LogP) is -0.251. The summed E-state index contributed by atoms with van der Waals surface area (Å²) in [5.41, 5.74) is 5.27. The van der Waals surface area contributed by atoms with E-state index < -0.39 is 15.8 Å². The first-order valence-corrected chi connectivity index (χ1v) is 6.93. The number of nitrogens with two attached hydrogens (primary N) is 1. The summed E-state index contributed by atoms with van der Waals surface area (Å²) in [6.45, 7) is -0.313. The van der Waals surface area contributed by atoms with E-state index >= 15 is 0 Å². The molecule has 0 fully saturated rings. The van der Waals surface area contributed by atoms with Crippen molar-refractivity contribution < 1.29 is 17.9 Å². The number of benzene rings is 1. The highest BCUT2D eigenvalue weighted by Gasteiger charge is 2.23. The summed E-state index contributed by atoms with van der Waals surface area (Å²) in [5.74, 6) is 4.45. The molecule has 0 aromatic heterocycles. The van der Waals surface area contributed by atoms with E-state index in [9.17, 15) is 12.8 Å². The molecule has 3 N–H and O–H groups in total. The third-order valence-corrected chi connectivity index (χ3v) is 4.28. The Labute approximate surface area is 111 Å². The fourth-order valence-corrected chi connectivity index (χ4v) is 2.69. The highest BCUT2D eigenvalue weighted by molar-refractivity contribution is 7.89. The predicted molar refractivity (Wildman–Crippen MR) is 69.2 cm³/mol. The summed E-state index contributed by atoms with van der Waals surface area (Å²) in [5, 5.41) is 8.79. The smallest absolute Gasteiger partial charge is 0.244 e. The molecule has 1 aromatic rings. The average Bonchev–Trinajstić information content (AvgIpc) is 2.36. The van der Waals surface area contributed by atoms with Gasteiger partial charge < -0.3 is 10.8 Å². The zero-order valence-electron chi connectivity index (χ0n) is 10.4. The first-order chi connectivity index (χ1) is 8.93. The molecule has 0 atom stereocenters. The van der Waals surface area contributed by atoms with Crippen molar-refractivity contribution in [3.8, 4) is 11.8 Å². The van der Waals surface area contributed by atoms with Crippen LogP contribution in [0, 0.1) is 17.7 Å². The Kier molecular flexibility index (Phi) is 5.44. The summed E-state index contributed by atoms with van der Waals surface area (Å²) < 4.78 is 38.6. The zero-order valence-corrected chi connectivity index (χ0v) is 11.2. The number of hydrogen-bond acceptors (Lipinski definition) is 4.